The average Bonchev–Trinajstić information content (AvgIpc) is 3.20. The van der Waals surface area contributed by atoms with Crippen molar-refractivity contribution < 1.29 is 28.2 Å². The third-order valence-corrected chi connectivity index (χ3v) is 6.90. The van der Waals surface area contributed by atoms with Gasteiger partial charge in [0.05, 0.1) is 18.6 Å². The molecule has 1 fully saturated rings. The lowest BCUT2D eigenvalue weighted by atomic mass is 10.1. The maximum Gasteiger partial charge on any atom is 0.293 e. The van der Waals surface area contributed by atoms with Crippen LogP contribution in [0.3, 0.4) is 0 Å². The first-order valence-corrected chi connectivity index (χ1v) is 12.7. The number of hydrogen-bond donors (Lipinski definition) is 0. The van der Waals surface area contributed by atoms with E-state index in [0.717, 1.165) is 28.1 Å². The molecule has 2 amide bonds. The van der Waals surface area contributed by atoms with E-state index in [1.54, 1.807) is 36.4 Å². The van der Waals surface area contributed by atoms with Crippen LogP contribution in [0.5, 0.6) is 17.2 Å². The van der Waals surface area contributed by atoms with Crippen LogP contribution in [-0.2, 0) is 11.4 Å². The summed E-state index contributed by atoms with van der Waals surface area (Å²) in [5.74, 6) is 1.00. The average molecular weight is 530 g/mol. The van der Waals surface area contributed by atoms with Gasteiger partial charge in [-0.15, -0.1) is 0 Å². The van der Waals surface area contributed by atoms with Crippen molar-refractivity contribution in [1.82, 2.24) is 4.90 Å². The fourth-order valence-corrected chi connectivity index (χ4v) is 4.92. The monoisotopic (exact) mass is 529 g/mol. The first-order chi connectivity index (χ1) is 18.5. The number of methoxy groups -OCH3 is 1. The third-order valence-electron chi connectivity index (χ3n) is 5.99. The number of rotatable bonds is 9. The second-order valence-corrected chi connectivity index (χ2v) is 9.48. The number of carbonyl (C=O) groups excluding carboxylic acids is 2. The molecule has 38 heavy (non-hydrogen) atoms. The Kier molecular flexibility index (Phi) is 7.60. The molecule has 0 aliphatic carbocycles. The molecule has 0 aromatic heterocycles. The highest BCUT2D eigenvalue weighted by Crippen LogP contribution is 2.35. The van der Waals surface area contributed by atoms with Crippen LogP contribution in [0.4, 0.5) is 9.18 Å². The van der Waals surface area contributed by atoms with E-state index in [1.165, 1.54) is 24.1 Å². The number of thioether (sulfide) groups is 1. The summed E-state index contributed by atoms with van der Waals surface area (Å²) in [4.78, 5) is 27.1. The number of fused-ring (bicyclic) bond motifs is 1. The van der Waals surface area contributed by atoms with Crippen molar-refractivity contribution in [2.45, 2.75) is 6.61 Å². The van der Waals surface area contributed by atoms with E-state index in [-0.39, 0.29) is 36.7 Å². The van der Waals surface area contributed by atoms with Crippen LogP contribution in [0.15, 0.2) is 89.8 Å². The molecule has 1 aliphatic rings. The lowest BCUT2D eigenvalue weighted by Gasteiger charge is -2.14. The molecule has 1 aliphatic heterocycles. The topological polar surface area (TPSA) is 65.1 Å². The predicted molar refractivity (Wildman–Crippen MR) is 146 cm³/mol. The Morgan fingerprint density at radius 1 is 0.868 bits per heavy atom. The minimum atomic E-state index is -0.369. The first kappa shape index (κ1) is 25.4. The predicted octanol–water partition coefficient (Wildman–Crippen LogP) is 6.68. The molecule has 192 valence electrons. The van der Waals surface area contributed by atoms with Gasteiger partial charge in [-0.3, -0.25) is 14.5 Å². The zero-order valence-corrected chi connectivity index (χ0v) is 21.4. The second kappa shape index (κ2) is 11.4. The number of halogens is 1. The van der Waals surface area contributed by atoms with Gasteiger partial charge >= 0.3 is 0 Å². The number of ether oxygens (including phenoxy) is 3. The zero-order valence-electron chi connectivity index (χ0n) is 20.6. The standard InChI is InChI=1S/C30H24FNO5S/c1-35-26-14-11-21(17-27(26)37-19-20-9-12-23(31)13-10-20)18-28-29(33)32(30(34)38-28)15-16-36-25-8-4-6-22-5-2-3-7-24(22)25/h2-14,17-18H,15-16,19H2,1H3/b28-18-. The molecule has 0 unspecified atom stereocenters. The Hall–Kier alpha value is -4.30. The van der Waals surface area contributed by atoms with Gasteiger partial charge in [-0.05, 0) is 64.7 Å². The molecule has 4 aromatic rings. The molecule has 0 atom stereocenters. The van der Waals surface area contributed by atoms with Crippen LogP contribution in [-0.4, -0.2) is 36.3 Å². The summed E-state index contributed by atoms with van der Waals surface area (Å²) in [6, 6.07) is 24.9. The molecule has 1 heterocycles. The van der Waals surface area contributed by atoms with Gasteiger partial charge in [-0.1, -0.05) is 54.6 Å². The Balaban J connectivity index is 1.25. The van der Waals surface area contributed by atoms with Crippen molar-refractivity contribution >= 4 is 39.8 Å². The Morgan fingerprint density at radius 3 is 2.47 bits per heavy atom. The summed E-state index contributed by atoms with van der Waals surface area (Å²) in [5.41, 5.74) is 1.48. The van der Waals surface area contributed by atoms with Crippen molar-refractivity contribution in [3.63, 3.8) is 0 Å². The van der Waals surface area contributed by atoms with Crippen LogP contribution in [0, 0.1) is 5.82 Å². The maximum atomic E-state index is 13.2. The summed E-state index contributed by atoms with van der Waals surface area (Å²) in [5, 5.41) is 1.68. The van der Waals surface area contributed by atoms with E-state index in [2.05, 4.69) is 0 Å². The fourth-order valence-electron chi connectivity index (χ4n) is 4.05. The highest BCUT2D eigenvalue weighted by molar-refractivity contribution is 8.18. The summed E-state index contributed by atoms with van der Waals surface area (Å²) < 4.78 is 30.4. The largest absolute Gasteiger partial charge is 0.493 e. The first-order valence-electron chi connectivity index (χ1n) is 11.9. The van der Waals surface area contributed by atoms with Gasteiger partial charge in [-0.2, -0.15) is 0 Å². The lowest BCUT2D eigenvalue weighted by Crippen LogP contribution is -2.32. The van der Waals surface area contributed by atoms with Crippen molar-refractivity contribution in [3.8, 4) is 17.2 Å². The van der Waals surface area contributed by atoms with Gasteiger partial charge in [0.15, 0.2) is 11.5 Å². The molecule has 8 heteroatoms. The van der Waals surface area contributed by atoms with Crippen molar-refractivity contribution in [1.29, 1.82) is 0 Å². The highest BCUT2D eigenvalue weighted by Gasteiger charge is 2.34. The molecule has 0 bridgehead atoms. The molecular weight excluding hydrogens is 505 g/mol. The minimum absolute atomic E-state index is 0.139. The van der Waals surface area contributed by atoms with E-state index in [1.807, 2.05) is 42.5 Å². The van der Waals surface area contributed by atoms with Crippen molar-refractivity contribution in [3.05, 3.63) is 107 Å². The molecule has 0 spiro atoms. The molecule has 0 saturated carbocycles. The number of imide groups is 1. The SMILES string of the molecule is COc1ccc(/C=C2\SC(=O)N(CCOc3cccc4ccccc34)C2=O)cc1OCc1ccc(F)cc1. The lowest BCUT2D eigenvalue weighted by molar-refractivity contribution is -0.123. The molecule has 6 nitrogen and oxygen atoms in total. The third kappa shape index (κ3) is 5.65. The molecular formula is C30H24FNO5S. The number of benzene rings is 4. The van der Waals surface area contributed by atoms with Gasteiger partial charge in [0.25, 0.3) is 11.1 Å². The van der Waals surface area contributed by atoms with E-state index in [4.69, 9.17) is 14.2 Å². The summed E-state index contributed by atoms with van der Waals surface area (Å²) in [6.45, 7) is 0.538. The summed E-state index contributed by atoms with van der Waals surface area (Å²) in [6.07, 6.45) is 1.65. The Morgan fingerprint density at radius 2 is 1.66 bits per heavy atom. The number of nitrogens with zero attached hydrogens (tertiary/aromatic N) is 1. The molecule has 0 N–H and O–H groups in total. The number of hydrogen-bond acceptors (Lipinski definition) is 6. The van der Waals surface area contributed by atoms with Gasteiger partial charge in [0.1, 0.15) is 24.8 Å². The fraction of sp³-hybridized carbons (Fsp3) is 0.133. The van der Waals surface area contributed by atoms with Crippen molar-refractivity contribution in [2.75, 3.05) is 20.3 Å². The molecule has 5 rings (SSSR count). The molecule has 1 saturated heterocycles. The highest BCUT2D eigenvalue weighted by atomic mass is 32.2. The minimum Gasteiger partial charge on any atom is -0.493 e. The maximum absolute atomic E-state index is 13.2. The second-order valence-electron chi connectivity index (χ2n) is 8.48. The number of amides is 2. The van der Waals surface area contributed by atoms with Gasteiger partial charge in [0.2, 0.25) is 0 Å². The summed E-state index contributed by atoms with van der Waals surface area (Å²) >= 11 is 0.888. The van der Waals surface area contributed by atoms with Crippen LogP contribution in [0.1, 0.15) is 11.1 Å². The van der Waals surface area contributed by atoms with Crippen LogP contribution in [0.25, 0.3) is 16.8 Å². The van der Waals surface area contributed by atoms with Crippen LogP contribution >= 0.6 is 11.8 Å². The molecule has 0 radical (unpaired) electrons. The van der Waals surface area contributed by atoms with E-state index < -0.39 is 0 Å². The van der Waals surface area contributed by atoms with E-state index >= 15 is 0 Å². The van der Waals surface area contributed by atoms with Crippen molar-refractivity contribution in [2.24, 2.45) is 0 Å². The van der Waals surface area contributed by atoms with Gasteiger partial charge in [-0.25, -0.2) is 4.39 Å². The molecule has 4 aromatic carbocycles. The number of carbonyl (C=O) groups is 2. The Bertz CT molecular complexity index is 1510. The van der Waals surface area contributed by atoms with Crippen LogP contribution < -0.4 is 14.2 Å². The van der Waals surface area contributed by atoms with Gasteiger partial charge < -0.3 is 14.2 Å². The van der Waals surface area contributed by atoms with Crippen LogP contribution in [0.2, 0.25) is 0 Å². The smallest absolute Gasteiger partial charge is 0.293 e. The Labute approximate surface area is 223 Å². The normalized spacial score (nSPS) is 14.4. The van der Waals surface area contributed by atoms with E-state index in [0.29, 0.717) is 27.7 Å². The summed E-state index contributed by atoms with van der Waals surface area (Å²) in [7, 11) is 1.53. The zero-order chi connectivity index (χ0) is 26.5. The quantitative estimate of drug-likeness (QED) is 0.225. The van der Waals surface area contributed by atoms with Gasteiger partial charge in [0, 0.05) is 5.39 Å². The van der Waals surface area contributed by atoms with E-state index in [9.17, 15) is 14.0 Å².